The molecule has 1 aliphatic heterocycles. The molecule has 0 aliphatic carbocycles. The molecule has 3 heterocycles. The third-order valence-corrected chi connectivity index (χ3v) is 5.40. The first-order valence-corrected chi connectivity index (χ1v) is 9.14. The van der Waals surface area contributed by atoms with Gasteiger partial charge in [-0.2, -0.15) is 5.10 Å². The van der Waals surface area contributed by atoms with Crippen LogP contribution in [0.5, 0.6) is 0 Å². The van der Waals surface area contributed by atoms with Crippen LogP contribution in [0.1, 0.15) is 38.9 Å². The number of aromatic nitrogens is 2. The standard InChI is InChI=1S/C19H17N3O3S/c1-12-7-9-26-16(12)11-22-17(6-8-20-22)21-18(23)10-15-13-4-2-3-5-14(13)19(24)25-15/h2-9,15H,10-11H2,1H3,(H,21,23). The van der Waals surface area contributed by atoms with E-state index in [1.807, 2.05) is 17.5 Å². The lowest BCUT2D eigenvalue weighted by atomic mass is 10.0. The van der Waals surface area contributed by atoms with E-state index in [-0.39, 0.29) is 18.3 Å². The van der Waals surface area contributed by atoms with E-state index in [0.717, 1.165) is 5.56 Å². The highest BCUT2D eigenvalue weighted by Crippen LogP contribution is 2.33. The van der Waals surface area contributed by atoms with Gasteiger partial charge in [0.25, 0.3) is 0 Å². The van der Waals surface area contributed by atoms with Crippen molar-refractivity contribution in [3.8, 4) is 0 Å². The number of aryl methyl sites for hydroxylation is 1. The monoisotopic (exact) mass is 367 g/mol. The van der Waals surface area contributed by atoms with Gasteiger partial charge in [-0.15, -0.1) is 11.3 Å². The first kappa shape index (κ1) is 16.5. The number of benzene rings is 1. The highest BCUT2D eigenvalue weighted by atomic mass is 32.1. The zero-order valence-electron chi connectivity index (χ0n) is 14.1. The second kappa shape index (κ2) is 6.76. The number of esters is 1. The molecule has 0 bridgehead atoms. The van der Waals surface area contributed by atoms with Crippen LogP contribution in [-0.2, 0) is 16.1 Å². The van der Waals surface area contributed by atoms with Crippen LogP contribution in [0.3, 0.4) is 0 Å². The second-order valence-electron chi connectivity index (χ2n) is 6.13. The topological polar surface area (TPSA) is 73.2 Å². The lowest BCUT2D eigenvalue weighted by Gasteiger charge is -2.12. The number of anilines is 1. The smallest absolute Gasteiger partial charge is 0.339 e. The van der Waals surface area contributed by atoms with Crippen LogP contribution >= 0.6 is 11.3 Å². The summed E-state index contributed by atoms with van der Waals surface area (Å²) in [4.78, 5) is 25.5. The number of carbonyl (C=O) groups is 2. The van der Waals surface area contributed by atoms with Gasteiger partial charge in [-0.05, 0) is 30.0 Å². The van der Waals surface area contributed by atoms with E-state index < -0.39 is 6.10 Å². The van der Waals surface area contributed by atoms with Gasteiger partial charge in [0.05, 0.1) is 24.7 Å². The largest absolute Gasteiger partial charge is 0.453 e. The van der Waals surface area contributed by atoms with E-state index in [4.69, 9.17) is 4.74 Å². The van der Waals surface area contributed by atoms with Crippen molar-refractivity contribution in [3.05, 3.63) is 69.5 Å². The van der Waals surface area contributed by atoms with Gasteiger partial charge in [0.15, 0.2) is 0 Å². The quantitative estimate of drug-likeness (QED) is 0.700. The fourth-order valence-electron chi connectivity index (χ4n) is 3.00. The Kier molecular flexibility index (Phi) is 4.30. The summed E-state index contributed by atoms with van der Waals surface area (Å²) in [6, 6.07) is 11.0. The van der Waals surface area contributed by atoms with E-state index in [1.54, 1.807) is 40.4 Å². The first-order chi connectivity index (χ1) is 12.6. The zero-order valence-corrected chi connectivity index (χ0v) is 15.0. The number of hydrogen-bond donors (Lipinski definition) is 1. The number of hydrogen-bond acceptors (Lipinski definition) is 5. The fraction of sp³-hybridized carbons (Fsp3) is 0.211. The first-order valence-electron chi connectivity index (χ1n) is 8.26. The minimum absolute atomic E-state index is 0.0754. The lowest BCUT2D eigenvalue weighted by molar-refractivity contribution is -0.118. The van der Waals surface area contributed by atoms with Crippen molar-refractivity contribution < 1.29 is 14.3 Å². The summed E-state index contributed by atoms with van der Waals surface area (Å²) in [5.74, 6) is 0.0289. The summed E-state index contributed by atoms with van der Waals surface area (Å²) >= 11 is 1.66. The normalized spacial score (nSPS) is 15.6. The van der Waals surface area contributed by atoms with Gasteiger partial charge >= 0.3 is 5.97 Å². The van der Waals surface area contributed by atoms with Gasteiger partial charge in [0.1, 0.15) is 11.9 Å². The number of rotatable bonds is 5. The third-order valence-electron chi connectivity index (χ3n) is 4.39. The minimum atomic E-state index is -0.547. The van der Waals surface area contributed by atoms with E-state index in [9.17, 15) is 9.59 Å². The number of nitrogens with one attached hydrogen (secondary N) is 1. The molecule has 1 unspecified atom stereocenters. The van der Waals surface area contributed by atoms with E-state index in [1.165, 1.54) is 10.4 Å². The van der Waals surface area contributed by atoms with Gasteiger partial charge in [-0.1, -0.05) is 18.2 Å². The molecule has 1 atom stereocenters. The molecule has 3 aromatic rings. The van der Waals surface area contributed by atoms with Crippen molar-refractivity contribution in [2.75, 3.05) is 5.32 Å². The molecule has 1 aromatic carbocycles. The summed E-state index contributed by atoms with van der Waals surface area (Å²) in [6.07, 6.45) is 1.18. The highest BCUT2D eigenvalue weighted by molar-refractivity contribution is 7.10. The maximum atomic E-state index is 12.5. The number of amides is 1. The van der Waals surface area contributed by atoms with E-state index in [2.05, 4.69) is 23.4 Å². The maximum Gasteiger partial charge on any atom is 0.339 e. The molecular formula is C19H17N3O3S. The van der Waals surface area contributed by atoms with Gasteiger partial charge in [0.2, 0.25) is 5.91 Å². The Labute approximate surface area is 154 Å². The Hall–Kier alpha value is -2.93. The van der Waals surface area contributed by atoms with Crippen molar-refractivity contribution >= 4 is 29.0 Å². The summed E-state index contributed by atoms with van der Waals surface area (Å²) in [5.41, 5.74) is 2.50. The Balaban J connectivity index is 1.45. The van der Waals surface area contributed by atoms with Crippen LogP contribution < -0.4 is 5.32 Å². The zero-order chi connectivity index (χ0) is 18.1. The Morgan fingerprint density at radius 1 is 1.31 bits per heavy atom. The van der Waals surface area contributed by atoms with Crippen LogP contribution in [0.4, 0.5) is 5.82 Å². The average molecular weight is 367 g/mol. The van der Waals surface area contributed by atoms with Gasteiger partial charge < -0.3 is 10.1 Å². The van der Waals surface area contributed by atoms with Crippen molar-refractivity contribution in [1.82, 2.24) is 9.78 Å². The molecule has 1 N–H and O–H groups in total. The Morgan fingerprint density at radius 2 is 2.15 bits per heavy atom. The summed E-state index contributed by atoms with van der Waals surface area (Å²) < 4.78 is 7.09. The predicted molar refractivity (Wildman–Crippen MR) is 98.2 cm³/mol. The number of nitrogens with zero attached hydrogens (tertiary/aromatic N) is 2. The summed E-state index contributed by atoms with van der Waals surface area (Å²) in [5, 5.41) is 9.20. The number of carbonyl (C=O) groups excluding carboxylic acids is 2. The predicted octanol–water partition coefficient (Wildman–Crippen LogP) is 3.54. The second-order valence-corrected chi connectivity index (χ2v) is 7.14. The number of cyclic esters (lactones) is 1. The molecule has 0 saturated heterocycles. The molecule has 7 heteroatoms. The van der Waals surface area contributed by atoms with Crippen LogP contribution in [-0.4, -0.2) is 21.7 Å². The lowest BCUT2D eigenvalue weighted by Crippen LogP contribution is -2.18. The number of fused-ring (bicyclic) bond motifs is 1. The molecule has 0 fully saturated rings. The van der Waals surface area contributed by atoms with E-state index >= 15 is 0 Å². The van der Waals surface area contributed by atoms with Crippen LogP contribution in [0.15, 0.2) is 48.0 Å². The summed E-state index contributed by atoms with van der Waals surface area (Å²) in [7, 11) is 0. The molecular weight excluding hydrogens is 350 g/mol. The average Bonchev–Trinajstić information content (AvgIpc) is 3.31. The summed E-state index contributed by atoms with van der Waals surface area (Å²) in [6.45, 7) is 2.66. The molecule has 1 amide bonds. The van der Waals surface area contributed by atoms with Crippen LogP contribution in [0.2, 0.25) is 0 Å². The highest BCUT2D eigenvalue weighted by Gasteiger charge is 2.32. The molecule has 26 heavy (non-hydrogen) atoms. The Morgan fingerprint density at radius 3 is 2.96 bits per heavy atom. The molecule has 2 aromatic heterocycles. The fourth-order valence-corrected chi connectivity index (χ4v) is 3.89. The van der Waals surface area contributed by atoms with Gasteiger partial charge in [-0.3, -0.25) is 4.79 Å². The molecule has 4 rings (SSSR count). The van der Waals surface area contributed by atoms with Gasteiger partial charge in [0, 0.05) is 16.5 Å². The maximum absolute atomic E-state index is 12.5. The number of ether oxygens (including phenoxy) is 1. The SMILES string of the molecule is Cc1ccsc1Cn1nccc1NC(=O)CC1OC(=O)c2ccccc21. The van der Waals surface area contributed by atoms with Crippen molar-refractivity contribution in [2.24, 2.45) is 0 Å². The minimum Gasteiger partial charge on any atom is -0.453 e. The van der Waals surface area contributed by atoms with Crippen LogP contribution in [0.25, 0.3) is 0 Å². The van der Waals surface area contributed by atoms with Crippen LogP contribution in [0, 0.1) is 6.92 Å². The molecule has 0 radical (unpaired) electrons. The van der Waals surface area contributed by atoms with E-state index in [0.29, 0.717) is 17.9 Å². The Bertz CT molecular complexity index is 976. The number of thiophene rings is 1. The molecule has 132 valence electrons. The van der Waals surface area contributed by atoms with Crippen molar-refractivity contribution in [3.63, 3.8) is 0 Å². The molecule has 6 nitrogen and oxygen atoms in total. The molecule has 0 spiro atoms. The molecule has 0 saturated carbocycles. The van der Waals surface area contributed by atoms with Crippen molar-refractivity contribution in [2.45, 2.75) is 26.0 Å². The van der Waals surface area contributed by atoms with Crippen molar-refractivity contribution in [1.29, 1.82) is 0 Å². The van der Waals surface area contributed by atoms with Gasteiger partial charge in [-0.25, -0.2) is 9.48 Å². The molecule has 1 aliphatic rings. The third kappa shape index (κ3) is 3.13.